The highest BCUT2D eigenvalue weighted by Gasteiger charge is 2.61. The number of benzene rings is 1. The second-order valence-electron chi connectivity index (χ2n) is 9.16. The van der Waals surface area contributed by atoms with E-state index in [4.69, 9.17) is 4.74 Å². The number of amides is 2. The van der Waals surface area contributed by atoms with Gasteiger partial charge in [-0.25, -0.2) is 0 Å². The summed E-state index contributed by atoms with van der Waals surface area (Å²) in [6.07, 6.45) is 5.07. The maximum Gasteiger partial charge on any atom is 0.258 e. The molecule has 1 aliphatic heterocycles. The Hall–Kier alpha value is -2.04. The van der Waals surface area contributed by atoms with E-state index < -0.39 is 0 Å². The van der Waals surface area contributed by atoms with Crippen LogP contribution in [0.3, 0.4) is 0 Å². The Labute approximate surface area is 161 Å². The molecule has 2 amide bonds. The highest BCUT2D eigenvalue weighted by molar-refractivity contribution is 5.95. The molecule has 2 aliphatic carbocycles. The van der Waals surface area contributed by atoms with Gasteiger partial charge < -0.3 is 15.0 Å². The SMILES string of the molecule is CC1(C)C2CCC1(C)C(NC(=O)COc1ccc(N3CCCC3=O)cc1)C2. The van der Waals surface area contributed by atoms with Gasteiger partial charge in [0.05, 0.1) is 0 Å². The summed E-state index contributed by atoms with van der Waals surface area (Å²) in [7, 11) is 0. The lowest BCUT2D eigenvalue weighted by atomic mass is 9.69. The normalized spacial score (nSPS) is 31.4. The zero-order valence-electron chi connectivity index (χ0n) is 16.6. The van der Waals surface area contributed by atoms with Crippen LogP contribution >= 0.6 is 0 Å². The van der Waals surface area contributed by atoms with Crippen molar-refractivity contribution in [2.75, 3.05) is 18.1 Å². The van der Waals surface area contributed by atoms with Crippen molar-refractivity contribution in [2.24, 2.45) is 16.7 Å². The fourth-order valence-corrected chi connectivity index (χ4v) is 5.45. The van der Waals surface area contributed by atoms with Crippen molar-refractivity contribution in [3.8, 4) is 5.75 Å². The standard InChI is InChI=1S/C22H30N2O3/c1-21(2)15-10-11-22(21,3)18(13-15)23-19(25)14-27-17-8-6-16(7-9-17)24-12-4-5-20(24)26/h6-9,15,18H,4-5,10-14H2,1-3H3,(H,23,25). The minimum Gasteiger partial charge on any atom is -0.484 e. The quantitative estimate of drug-likeness (QED) is 0.863. The van der Waals surface area contributed by atoms with Crippen LogP contribution in [0.1, 0.15) is 52.9 Å². The molecule has 3 fully saturated rings. The lowest BCUT2D eigenvalue weighted by Crippen LogP contribution is -2.48. The minimum atomic E-state index is -0.0524. The number of ether oxygens (including phenoxy) is 1. The first-order chi connectivity index (χ1) is 12.8. The number of fused-ring (bicyclic) bond motifs is 2. The number of anilines is 1. The first kappa shape index (κ1) is 18.3. The van der Waals surface area contributed by atoms with Gasteiger partial charge in [0.2, 0.25) is 5.91 Å². The molecule has 0 aromatic heterocycles. The lowest BCUT2D eigenvalue weighted by Gasteiger charge is -2.39. The first-order valence-electron chi connectivity index (χ1n) is 10.1. The molecule has 0 radical (unpaired) electrons. The second kappa shape index (κ2) is 6.54. The Balaban J connectivity index is 1.30. The van der Waals surface area contributed by atoms with Crippen molar-refractivity contribution in [3.63, 3.8) is 0 Å². The second-order valence-corrected chi connectivity index (χ2v) is 9.16. The molecule has 1 N–H and O–H groups in total. The van der Waals surface area contributed by atoms with Gasteiger partial charge in [0.15, 0.2) is 6.61 Å². The van der Waals surface area contributed by atoms with Crippen LogP contribution in [0, 0.1) is 16.7 Å². The van der Waals surface area contributed by atoms with Gasteiger partial charge in [-0.3, -0.25) is 9.59 Å². The zero-order valence-corrected chi connectivity index (χ0v) is 16.6. The van der Waals surface area contributed by atoms with E-state index in [2.05, 4.69) is 26.1 Å². The van der Waals surface area contributed by atoms with Crippen LogP contribution in [0.4, 0.5) is 5.69 Å². The van der Waals surface area contributed by atoms with E-state index in [9.17, 15) is 9.59 Å². The molecule has 3 atom stereocenters. The summed E-state index contributed by atoms with van der Waals surface area (Å²) >= 11 is 0. The Morgan fingerprint density at radius 2 is 2.00 bits per heavy atom. The van der Waals surface area contributed by atoms with Gasteiger partial charge in [-0.15, -0.1) is 0 Å². The Bertz CT molecular complexity index is 742. The number of nitrogens with one attached hydrogen (secondary N) is 1. The number of hydrogen-bond acceptors (Lipinski definition) is 3. The summed E-state index contributed by atoms with van der Waals surface area (Å²) in [6.45, 7) is 7.82. The molecule has 27 heavy (non-hydrogen) atoms. The molecule has 2 bridgehead atoms. The van der Waals surface area contributed by atoms with E-state index in [1.165, 1.54) is 12.8 Å². The van der Waals surface area contributed by atoms with Gasteiger partial charge in [-0.1, -0.05) is 20.8 Å². The zero-order chi connectivity index (χ0) is 19.2. The topological polar surface area (TPSA) is 58.6 Å². The van der Waals surface area contributed by atoms with Gasteiger partial charge >= 0.3 is 0 Å². The summed E-state index contributed by atoms with van der Waals surface area (Å²) in [6, 6.07) is 7.67. The third-order valence-corrected chi connectivity index (χ3v) is 7.72. The fraction of sp³-hybridized carbons (Fsp3) is 0.636. The van der Waals surface area contributed by atoms with E-state index in [-0.39, 0.29) is 35.3 Å². The summed E-state index contributed by atoms with van der Waals surface area (Å²) in [5.74, 6) is 1.48. The maximum atomic E-state index is 12.4. The Kier molecular flexibility index (Phi) is 4.44. The molecule has 1 heterocycles. The summed E-state index contributed by atoms with van der Waals surface area (Å²) < 4.78 is 5.67. The van der Waals surface area contributed by atoms with Crippen LogP contribution in [-0.4, -0.2) is 31.0 Å². The lowest BCUT2D eigenvalue weighted by molar-refractivity contribution is -0.124. The Morgan fingerprint density at radius 1 is 1.26 bits per heavy atom. The average Bonchev–Trinajstić information content (AvgIpc) is 3.22. The van der Waals surface area contributed by atoms with Crippen LogP contribution in [0.2, 0.25) is 0 Å². The molecular weight excluding hydrogens is 340 g/mol. The van der Waals surface area contributed by atoms with Crippen LogP contribution < -0.4 is 15.0 Å². The fourth-order valence-electron chi connectivity index (χ4n) is 5.45. The third kappa shape index (κ3) is 3.01. The molecule has 5 heteroatoms. The molecule has 2 saturated carbocycles. The molecule has 1 aromatic rings. The molecule has 1 saturated heterocycles. The van der Waals surface area contributed by atoms with Crippen LogP contribution in [-0.2, 0) is 9.59 Å². The average molecular weight is 370 g/mol. The molecular formula is C22H30N2O3. The van der Waals surface area contributed by atoms with Crippen molar-refractivity contribution in [1.29, 1.82) is 0 Å². The van der Waals surface area contributed by atoms with Crippen molar-refractivity contribution >= 4 is 17.5 Å². The van der Waals surface area contributed by atoms with Gasteiger partial charge in [0.25, 0.3) is 5.91 Å². The number of carbonyl (C=O) groups excluding carboxylic acids is 2. The van der Waals surface area contributed by atoms with Crippen molar-refractivity contribution < 1.29 is 14.3 Å². The van der Waals surface area contributed by atoms with Crippen molar-refractivity contribution in [2.45, 2.75) is 58.9 Å². The monoisotopic (exact) mass is 370 g/mol. The van der Waals surface area contributed by atoms with E-state index in [1.54, 1.807) is 4.90 Å². The Morgan fingerprint density at radius 3 is 2.56 bits per heavy atom. The van der Waals surface area contributed by atoms with Gasteiger partial charge in [0.1, 0.15) is 5.75 Å². The number of rotatable bonds is 5. The summed E-state index contributed by atoms with van der Waals surface area (Å²) in [4.78, 5) is 26.0. The number of nitrogens with zero attached hydrogens (tertiary/aromatic N) is 1. The molecule has 5 nitrogen and oxygen atoms in total. The van der Waals surface area contributed by atoms with E-state index in [0.717, 1.165) is 25.1 Å². The summed E-state index contributed by atoms with van der Waals surface area (Å²) in [5, 5.41) is 3.22. The van der Waals surface area contributed by atoms with Gasteiger partial charge in [-0.05, 0) is 66.7 Å². The third-order valence-electron chi connectivity index (χ3n) is 7.72. The number of hydrogen-bond donors (Lipinski definition) is 1. The molecule has 146 valence electrons. The summed E-state index contributed by atoms with van der Waals surface area (Å²) in [5.41, 5.74) is 1.36. The molecule has 0 spiro atoms. The van der Waals surface area contributed by atoms with Crippen LogP contribution in [0.15, 0.2) is 24.3 Å². The van der Waals surface area contributed by atoms with Crippen molar-refractivity contribution in [3.05, 3.63) is 24.3 Å². The molecule has 3 aliphatic rings. The van der Waals surface area contributed by atoms with Gasteiger partial charge in [0, 0.05) is 24.7 Å². The highest BCUT2D eigenvalue weighted by Crippen LogP contribution is 2.65. The van der Waals surface area contributed by atoms with E-state index in [0.29, 0.717) is 18.1 Å². The number of carbonyl (C=O) groups is 2. The smallest absolute Gasteiger partial charge is 0.258 e. The predicted molar refractivity (Wildman–Crippen MR) is 105 cm³/mol. The van der Waals surface area contributed by atoms with E-state index >= 15 is 0 Å². The first-order valence-corrected chi connectivity index (χ1v) is 10.1. The molecule has 4 rings (SSSR count). The maximum absolute atomic E-state index is 12.4. The van der Waals surface area contributed by atoms with Crippen molar-refractivity contribution in [1.82, 2.24) is 5.32 Å². The van der Waals surface area contributed by atoms with E-state index in [1.807, 2.05) is 24.3 Å². The highest BCUT2D eigenvalue weighted by atomic mass is 16.5. The molecule has 1 aromatic carbocycles. The van der Waals surface area contributed by atoms with Crippen LogP contribution in [0.25, 0.3) is 0 Å². The van der Waals surface area contributed by atoms with Crippen LogP contribution in [0.5, 0.6) is 5.75 Å². The largest absolute Gasteiger partial charge is 0.484 e. The minimum absolute atomic E-state index is 0.0274. The van der Waals surface area contributed by atoms with Gasteiger partial charge in [-0.2, -0.15) is 0 Å². The predicted octanol–water partition coefficient (Wildman–Crippen LogP) is 3.52. The molecule has 3 unspecified atom stereocenters.